The van der Waals surface area contributed by atoms with Gasteiger partial charge in [-0.15, -0.1) is 0 Å². The van der Waals surface area contributed by atoms with Crippen LogP contribution in [0.25, 0.3) is 11.1 Å². The Morgan fingerprint density at radius 1 is 1.08 bits per heavy atom. The average molecular weight is 688 g/mol. The molecule has 1 N–H and O–H groups in total. The number of ether oxygens (including phenoxy) is 1. The summed E-state index contributed by atoms with van der Waals surface area (Å²) in [4.78, 5) is 52.6. The predicted molar refractivity (Wildman–Crippen MR) is 191 cm³/mol. The first kappa shape index (κ1) is 35.1. The van der Waals surface area contributed by atoms with E-state index in [9.17, 15) is 24.4 Å². The molecular weight excluding hydrogens is 646 g/mol. The summed E-state index contributed by atoms with van der Waals surface area (Å²) in [6.45, 7) is 7.02. The average Bonchev–Trinajstić information content (AvgIpc) is 3.87. The molecule has 2 aliphatic rings. The van der Waals surface area contributed by atoms with Crippen LogP contribution < -0.4 is 15.0 Å². The Kier molecular flexibility index (Phi) is 10.1. The van der Waals surface area contributed by atoms with Gasteiger partial charge in [0.05, 0.1) is 29.3 Å². The highest BCUT2D eigenvalue weighted by Gasteiger charge is 2.44. The third-order valence-corrected chi connectivity index (χ3v) is 9.94. The molecule has 11 nitrogen and oxygen atoms in total. The third-order valence-electron chi connectivity index (χ3n) is 9.94. The van der Waals surface area contributed by atoms with Crippen molar-refractivity contribution in [3.63, 3.8) is 0 Å². The summed E-state index contributed by atoms with van der Waals surface area (Å²) in [7, 11) is 1.49. The number of amides is 3. The second-order valence-electron chi connectivity index (χ2n) is 13.4. The van der Waals surface area contributed by atoms with E-state index in [4.69, 9.17) is 9.26 Å². The van der Waals surface area contributed by atoms with E-state index in [1.54, 1.807) is 6.07 Å². The van der Waals surface area contributed by atoms with Gasteiger partial charge in [0.25, 0.3) is 5.91 Å². The van der Waals surface area contributed by atoms with Gasteiger partial charge < -0.3 is 19.1 Å². The van der Waals surface area contributed by atoms with Crippen molar-refractivity contribution in [2.45, 2.75) is 70.8 Å². The number of rotatable bonds is 13. The van der Waals surface area contributed by atoms with Crippen molar-refractivity contribution in [2.75, 3.05) is 25.1 Å². The molecule has 3 amide bonds. The number of unbranched alkanes of at least 4 members (excludes halogenated alkanes) is 1. The lowest BCUT2D eigenvalue weighted by Gasteiger charge is -2.30. The van der Waals surface area contributed by atoms with Crippen molar-refractivity contribution in [3.8, 4) is 22.9 Å². The highest BCUT2D eigenvalue weighted by Crippen LogP contribution is 2.48. The van der Waals surface area contributed by atoms with Crippen LogP contribution in [-0.2, 0) is 15.0 Å². The van der Waals surface area contributed by atoms with Gasteiger partial charge >= 0.3 is 0 Å². The zero-order valence-corrected chi connectivity index (χ0v) is 29.3. The van der Waals surface area contributed by atoms with Gasteiger partial charge in [-0.25, -0.2) is 0 Å². The molecule has 0 bridgehead atoms. The molecule has 2 heterocycles. The Bertz CT molecular complexity index is 2000. The maximum Gasteiger partial charge on any atom is 0.255 e. The third kappa shape index (κ3) is 7.26. The second kappa shape index (κ2) is 14.6. The van der Waals surface area contributed by atoms with E-state index >= 15 is 0 Å². The normalized spacial score (nSPS) is 16.2. The van der Waals surface area contributed by atoms with E-state index < -0.39 is 17.9 Å². The molecule has 11 heteroatoms. The monoisotopic (exact) mass is 687 g/mol. The number of nitriles is 1. The quantitative estimate of drug-likeness (QED) is 0.0944. The lowest BCUT2D eigenvalue weighted by Crippen LogP contribution is -2.53. The molecule has 0 spiro atoms. The van der Waals surface area contributed by atoms with Crippen LogP contribution in [0.15, 0.2) is 65.2 Å². The number of benzene rings is 3. The molecule has 6 rings (SSSR count). The van der Waals surface area contributed by atoms with Crippen molar-refractivity contribution >= 4 is 35.4 Å². The molecule has 262 valence electrons. The molecule has 2 fully saturated rings. The minimum atomic E-state index is -0.794. The molecule has 51 heavy (non-hydrogen) atoms. The first-order valence-corrected chi connectivity index (χ1v) is 17.2. The Labute approximate surface area is 297 Å². The summed E-state index contributed by atoms with van der Waals surface area (Å²) in [5, 5.41) is 16.1. The number of piperidine rings is 1. The topological polar surface area (TPSA) is 146 Å². The standard InChI is InChI=1S/C40H41N5O6/c1-25-7-8-28(37-26(2)43-51-27(37)3)22-35(25)45(31-11-9-30(10-12-31)40(24-41)17-18-40)19-5-6-20-50-32-13-14-33(29(21-32)23-46)39(49)44(4)34-15-16-36(47)42-38(34)48/h7-14,21-23,34H,5-6,15-20H2,1-4H3,(H,42,47,48). The fourth-order valence-electron chi connectivity index (χ4n) is 6.76. The fraction of sp³-hybridized carbons (Fsp3) is 0.350. The van der Waals surface area contributed by atoms with Crippen LogP contribution in [-0.4, -0.2) is 60.3 Å². The van der Waals surface area contributed by atoms with E-state index in [0.717, 1.165) is 64.3 Å². The molecule has 1 saturated heterocycles. The van der Waals surface area contributed by atoms with Gasteiger partial charge in [0, 0.05) is 42.5 Å². The van der Waals surface area contributed by atoms with Crippen LogP contribution in [0.5, 0.6) is 5.75 Å². The van der Waals surface area contributed by atoms with Crippen LogP contribution in [0.2, 0.25) is 0 Å². The number of aldehydes is 1. The van der Waals surface area contributed by atoms with Gasteiger partial charge in [0.15, 0.2) is 6.29 Å². The minimum absolute atomic E-state index is 0.142. The van der Waals surface area contributed by atoms with Crippen molar-refractivity contribution in [3.05, 3.63) is 94.4 Å². The van der Waals surface area contributed by atoms with Crippen LogP contribution in [0, 0.1) is 32.1 Å². The molecule has 1 unspecified atom stereocenters. The van der Waals surface area contributed by atoms with E-state index in [1.807, 2.05) is 13.8 Å². The van der Waals surface area contributed by atoms with Gasteiger partial charge in [0.2, 0.25) is 11.8 Å². The molecule has 3 aromatic carbocycles. The van der Waals surface area contributed by atoms with Gasteiger partial charge in [-0.3, -0.25) is 24.5 Å². The second-order valence-corrected chi connectivity index (χ2v) is 13.4. The Hall–Kier alpha value is -5.76. The molecule has 1 aliphatic heterocycles. The minimum Gasteiger partial charge on any atom is -0.494 e. The first-order valence-electron chi connectivity index (χ1n) is 17.2. The van der Waals surface area contributed by atoms with E-state index in [0.29, 0.717) is 31.6 Å². The Morgan fingerprint density at radius 2 is 1.84 bits per heavy atom. The van der Waals surface area contributed by atoms with Gasteiger partial charge in [-0.2, -0.15) is 5.26 Å². The Balaban J connectivity index is 1.14. The molecule has 1 aromatic heterocycles. The maximum atomic E-state index is 13.2. The number of carbonyl (C=O) groups is 4. The molecule has 1 saturated carbocycles. The summed E-state index contributed by atoms with van der Waals surface area (Å²) in [6, 6.07) is 21.1. The van der Waals surface area contributed by atoms with Crippen molar-refractivity contribution in [1.29, 1.82) is 5.26 Å². The summed E-state index contributed by atoms with van der Waals surface area (Å²) in [6.07, 6.45) is 4.24. The number of aryl methyl sites for hydroxylation is 3. The van der Waals surface area contributed by atoms with E-state index in [2.05, 4.69) is 70.8 Å². The van der Waals surface area contributed by atoms with Gasteiger partial charge in [0.1, 0.15) is 17.6 Å². The zero-order valence-electron chi connectivity index (χ0n) is 29.3. The number of nitrogens with zero attached hydrogens (tertiary/aromatic N) is 4. The number of hydrogen-bond acceptors (Lipinski definition) is 9. The first-order chi connectivity index (χ1) is 24.5. The summed E-state index contributed by atoms with van der Waals surface area (Å²) in [5.74, 6) is -0.161. The summed E-state index contributed by atoms with van der Waals surface area (Å²) in [5.41, 5.74) is 7.02. The lowest BCUT2D eigenvalue weighted by atomic mass is 9.97. The number of carbonyl (C=O) groups excluding carboxylic acids is 4. The highest BCUT2D eigenvalue weighted by molar-refractivity contribution is 6.06. The van der Waals surface area contributed by atoms with Crippen LogP contribution >= 0.6 is 0 Å². The fourth-order valence-corrected chi connectivity index (χ4v) is 6.76. The number of hydrogen-bond donors (Lipinski definition) is 1. The number of likely N-dealkylation sites (N-methyl/N-ethyl adjacent to an activating group) is 1. The number of anilines is 2. The van der Waals surface area contributed by atoms with Crippen molar-refractivity contribution in [2.24, 2.45) is 0 Å². The lowest BCUT2D eigenvalue weighted by molar-refractivity contribution is -0.136. The van der Waals surface area contributed by atoms with Crippen LogP contribution in [0.3, 0.4) is 0 Å². The summed E-state index contributed by atoms with van der Waals surface area (Å²) < 4.78 is 11.5. The molecule has 4 aromatic rings. The van der Waals surface area contributed by atoms with Crippen LogP contribution in [0.4, 0.5) is 11.4 Å². The largest absolute Gasteiger partial charge is 0.494 e. The zero-order chi connectivity index (χ0) is 36.3. The van der Waals surface area contributed by atoms with Gasteiger partial charge in [-0.1, -0.05) is 29.4 Å². The van der Waals surface area contributed by atoms with Crippen molar-refractivity contribution < 1.29 is 28.4 Å². The highest BCUT2D eigenvalue weighted by atomic mass is 16.5. The summed E-state index contributed by atoms with van der Waals surface area (Å²) >= 11 is 0. The molecule has 1 atom stereocenters. The maximum absolute atomic E-state index is 13.2. The van der Waals surface area contributed by atoms with Crippen LogP contribution in [0.1, 0.15) is 81.8 Å². The molecular formula is C40H41N5O6. The SMILES string of the molecule is Cc1ccc(-c2c(C)noc2C)cc1N(CCCCOc1ccc(C(=O)N(C)C2CCC(=O)NC2=O)c(C=O)c1)c1ccc(C2(C#N)CC2)cc1. The smallest absolute Gasteiger partial charge is 0.255 e. The molecule has 1 aliphatic carbocycles. The van der Waals surface area contributed by atoms with Crippen molar-refractivity contribution in [1.82, 2.24) is 15.4 Å². The molecule has 0 radical (unpaired) electrons. The van der Waals surface area contributed by atoms with E-state index in [1.165, 1.54) is 24.1 Å². The van der Waals surface area contributed by atoms with Gasteiger partial charge in [-0.05, 0) is 106 Å². The number of imide groups is 1. The number of nitrogens with one attached hydrogen (secondary N) is 1. The predicted octanol–water partition coefficient (Wildman–Crippen LogP) is 6.51. The Morgan fingerprint density at radius 3 is 2.49 bits per heavy atom. The van der Waals surface area contributed by atoms with E-state index in [-0.39, 0.29) is 35.3 Å². The number of aromatic nitrogens is 1.